The summed E-state index contributed by atoms with van der Waals surface area (Å²) in [6, 6.07) is 4.55. The van der Waals surface area contributed by atoms with Crippen LogP contribution in [0.4, 0.5) is 0 Å². The van der Waals surface area contributed by atoms with Gasteiger partial charge in [-0.1, -0.05) is 11.6 Å². The lowest BCUT2D eigenvalue weighted by Gasteiger charge is -2.26. The number of halogens is 1. The van der Waals surface area contributed by atoms with Gasteiger partial charge in [0.2, 0.25) is 15.9 Å². The normalized spacial score (nSPS) is 18.3. The van der Waals surface area contributed by atoms with Crippen LogP contribution in [0.2, 0.25) is 5.02 Å². The maximum absolute atomic E-state index is 13.0. The first-order chi connectivity index (χ1) is 16.8. The SMILES string of the molecule is Cc1sc2nc(C[NH+]3CCOCC3)nc(Oc3ccc(S(=O)(=O)N4CCOCC4)cc3Cl)c2c1C. The van der Waals surface area contributed by atoms with Gasteiger partial charge in [0.1, 0.15) is 30.2 Å². The smallest absolute Gasteiger partial charge is 0.243 e. The summed E-state index contributed by atoms with van der Waals surface area (Å²) in [6.07, 6.45) is 0. The molecule has 0 amide bonds. The zero-order chi connectivity index (χ0) is 24.6. The van der Waals surface area contributed by atoms with Crippen molar-refractivity contribution in [1.82, 2.24) is 14.3 Å². The van der Waals surface area contributed by atoms with Crippen molar-refractivity contribution in [2.45, 2.75) is 25.3 Å². The standard InChI is InChI=1S/C23H27ClN4O5S2/c1-15-16(2)34-23-21(15)22(25-20(26-23)14-27-5-9-31-10-6-27)33-19-4-3-17(13-18(19)24)35(29,30)28-7-11-32-12-8-28/h3-4,13H,5-12,14H2,1-2H3/p+1. The molecule has 4 heterocycles. The molecule has 0 bridgehead atoms. The summed E-state index contributed by atoms with van der Waals surface area (Å²) in [5, 5.41) is 1.06. The number of nitrogens with one attached hydrogen (secondary N) is 1. The molecule has 0 unspecified atom stereocenters. The molecule has 12 heteroatoms. The summed E-state index contributed by atoms with van der Waals surface area (Å²) >= 11 is 8.14. The van der Waals surface area contributed by atoms with E-state index in [1.165, 1.54) is 21.3 Å². The van der Waals surface area contributed by atoms with E-state index in [4.69, 9.17) is 35.8 Å². The summed E-state index contributed by atoms with van der Waals surface area (Å²) < 4.78 is 44.4. The number of quaternary nitrogens is 1. The summed E-state index contributed by atoms with van der Waals surface area (Å²) in [4.78, 5) is 13.1. The van der Waals surface area contributed by atoms with Crippen molar-refractivity contribution in [3.63, 3.8) is 0 Å². The Labute approximate surface area is 213 Å². The Kier molecular flexibility index (Phi) is 7.27. The van der Waals surface area contributed by atoms with Crippen LogP contribution in [0, 0.1) is 13.8 Å². The van der Waals surface area contributed by atoms with Crippen LogP contribution in [0.15, 0.2) is 23.1 Å². The minimum absolute atomic E-state index is 0.128. The highest BCUT2D eigenvalue weighted by Gasteiger charge is 2.27. The number of ether oxygens (including phenoxy) is 3. The molecule has 9 nitrogen and oxygen atoms in total. The molecular formula is C23H28ClN4O5S2+. The predicted octanol–water partition coefficient (Wildman–Crippen LogP) is 2.19. The number of hydrogen-bond donors (Lipinski definition) is 1. The van der Waals surface area contributed by atoms with Gasteiger partial charge in [0.25, 0.3) is 0 Å². The van der Waals surface area contributed by atoms with Crippen LogP contribution in [0.3, 0.4) is 0 Å². The molecule has 35 heavy (non-hydrogen) atoms. The number of hydrogen-bond acceptors (Lipinski definition) is 8. The molecule has 1 N–H and O–H groups in total. The zero-order valence-corrected chi connectivity index (χ0v) is 22.1. The average Bonchev–Trinajstić information content (AvgIpc) is 3.14. The summed E-state index contributed by atoms with van der Waals surface area (Å²) in [5.74, 6) is 1.49. The second kappa shape index (κ2) is 10.3. The van der Waals surface area contributed by atoms with Crippen molar-refractivity contribution in [1.29, 1.82) is 0 Å². The van der Waals surface area contributed by atoms with Crippen LogP contribution in [-0.4, -0.2) is 75.3 Å². The molecule has 5 rings (SSSR count). The van der Waals surface area contributed by atoms with Gasteiger partial charge in [0.05, 0.1) is 41.7 Å². The zero-order valence-electron chi connectivity index (χ0n) is 19.7. The van der Waals surface area contributed by atoms with E-state index < -0.39 is 10.0 Å². The van der Waals surface area contributed by atoms with E-state index in [1.807, 2.05) is 6.92 Å². The monoisotopic (exact) mass is 539 g/mol. The lowest BCUT2D eigenvalue weighted by Crippen LogP contribution is -3.12. The summed E-state index contributed by atoms with van der Waals surface area (Å²) in [5.41, 5.74) is 1.06. The van der Waals surface area contributed by atoms with Crippen LogP contribution in [-0.2, 0) is 26.0 Å². The molecule has 188 valence electrons. The number of thiophene rings is 1. The van der Waals surface area contributed by atoms with Crippen LogP contribution >= 0.6 is 22.9 Å². The van der Waals surface area contributed by atoms with Crippen LogP contribution in [0.25, 0.3) is 10.2 Å². The second-order valence-corrected chi connectivity index (χ2v) is 12.2. The molecule has 2 fully saturated rings. The first kappa shape index (κ1) is 24.8. The number of fused-ring (bicyclic) bond motifs is 1. The van der Waals surface area contributed by atoms with E-state index in [0.717, 1.165) is 47.0 Å². The number of benzene rings is 1. The topological polar surface area (TPSA) is 95.3 Å². The van der Waals surface area contributed by atoms with Gasteiger partial charge in [-0.3, -0.25) is 0 Å². The van der Waals surface area contributed by atoms with Gasteiger partial charge in [0, 0.05) is 18.0 Å². The summed E-state index contributed by atoms with van der Waals surface area (Å²) in [6.45, 7) is 9.43. The minimum atomic E-state index is -3.66. The van der Waals surface area contributed by atoms with Crippen molar-refractivity contribution in [3.05, 3.63) is 39.5 Å². The van der Waals surface area contributed by atoms with Crippen molar-refractivity contribution in [3.8, 4) is 11.6 Å². The van der Waals surface area contributed by atoms with Gasteiger partial charge < -0.3 is 19.1 Å². The lowest BCUT2D eigenvalue weighted by atomic mass is 10.2. The number of aromatic nitrogens is 2. The molecule has 0 radical (unpaired) electrons. The third kappa shape index (κ3) is 5.17. The van der Waals surface area contributed by atoms with Crippen molar-refractivity contribution < 1.29 is 27.5 Å². The molecule has 1 aromatic carbocycles. The van der Waals surface area contributed by atoms with Crippen LogP contribution in [0.1, 0.15) is 16.3 Å². The molecule has 0 spiro atoms. The molecule has 2 aliphatic heterocycles. The van der Waals surface area contributed by atoms with E-state index in [-0.39, 0.29) is 9.92 Å². The number of morpholine rings is 2. The highest BCUT2D eigenvalue weighted by molar-refractivity contribution is 7.89. The number of rotatable bonds is 6. The van der Waals surface area contributed by atoms with Gasteiger partial charge in [-0.15, -0.1) is 11.3 Å². The van der Waals surface area contributed by atoms with Gasteiger partial charge in [-0.05, 0) is 37.6 Å². The van der Waals surface area contributed by atoms with Crippen molar-refractivity contribution in [2.24, 2.45) is 0 Å². The third-order valence-corrected chi connectivity index (χ3v) is 9.66. The Morgan fingerprint density at radius 3 is 2.54 bits per heavy atom. The van der Waals surface area contributed by atoms with Crippen LogP contribution < -0.4 is 9.64 Å². The molecule has 0 aliphatic carbocycles. The van der Waals surface area contributed by atoms with E-state index in [1.54, 1.807) is 17.4 Å². The Morgan fingerprint density at radius 2 is 1.83 bits per heavy atom. The molecular weight excluding hydrogens is 512 g/mol. The fraction of sp³-hybridized carbons (Fsp3) is 0.478. The molecule has 2 aromatic heterocycles. The van der Waals surface area contributed by atoms with E-state index in [2.05, 4.69) is 6.92 Å². The average molecular weight is 540 g/mol. The molecule has 0 saturated carbocycles. The quantitative estimate of drug-likeness (QED) is 0.513. The Hall–Kier alpha value is -1.86. The fourth-order valence-corrected chi connectivity index (χ4v) is 6.99. The maximum Gasteiger partial charge on any atom is 0.243 e. The third-order valence-electron chi connectivity index (χ3n) is 6.37. The number of nitrogens with zero attached hydrogens (tertiary/aromatic N) is 3. The lowest BCUT2D eigenvalue weighted by molar-refractivity contribution is -0.922. The van der Waals surface area contributed by atoms with Crippen LogP contribution in [0.5, 0.6) is 11.6 Å². The maximum atomic E-state index is 13.0. The van der Waals surface area contributed by atoms with Gasteiger partial charge in [0.15, 0.2) is 5.82 Å². The van der Waals surface area contributed by atoms with Gasteiger partial charge >= 0.3 is 0 Å². The van der Waals surface area contributed by atoms with Gasteiger partial charge in [-0.25, -0.2) is 13.4 Å². The largest absolute Gasteiger partial charge is 0.437 e. The van der Waals surface area contributed by atoms with E-state index in [9.17, 15) is 8.42 Å². The molecule has 3 aromatic rings. The fourth-order valence-electron chi connectivity index (χ4n) is 4.23. The Morgan fingerprint density at radius 1 is 1.11 bits per heavy atom. The minimum Gasteiger partial charge on any atom is -0.437 e. The highest BCUT2D eigenvalue weighted by atomic mass is 35.5. The summed E-state index contributed by atoms with van der Waals surface area (Å²) in [7, 11) is -3.66. The van der Waals surface area contributed by atoms with E-state index >= 15 is 0 Å². The molecule has 0 atom stereocenters. The molecule has 2 aliphatic rings. The van der Waals surface area contributed by atoms with E-state index in [0.29, 0.717) is 50.3 Å². The second-order valence-electron chi connectivity index (χ2n) is 8.66. The first-order valence-electron chi connectivity index (χ1n) is 11.6. The predicted molar refractivity (Wildman–Crippen MR) is 133 cm³/mol. The number of sulfonamides is 1. The molecule has 2 saturated heterocycles. The van der Waals surface area contributed by atoms with Gasteiger partial charge in [-0.2, -0.15) is 9.29 Å². The Bertz CT molecular complexity index is 1340. The first-order valence-corrected chi connectivity index (χ1v) is 14.2. The van der Waals surface area contributed by atoms with Crippen molar-refractivity contribution in [2.75, 3.05) is 52.6 Å². The highest BCUT2D eigenvalue weighted by Crippen LogP contribution is 2.38. The number of aryl methyl sites for hydroxylation is 2. The Balaban J connectivity index is 1.46. The van der Waals surface area contributed by atoms with Crippen molar-refractivity contribution >= 4 is 43.2 Å².